The molecule has 0 saturated carbocycles. The van der Waals surface area contributed by atoms with Gasteiger partial charge in [0.05, 0.1) is 22.3 Å². The third-order valence-corrected chi connectivity index (χ3v) is 14.3. The molecule has 0 aliphatic heterocycles. The van der Waals surface area contributed by atoms with Crippen molar-refractivity contribution < 1.29 is 6.48 Å². The first kappa shape index (κ1) is 47.5. The summed E-state index contributed by atoms with van der Waals surface area (Å²) < 4.78 is 11.9. The highest BCUT2D eigenvalue weighted by atomic mass is 16.3. The topological polar surface area (TPSA) is 50.9 Å². The van der Waals surface area contributed by atoms with E-state index in [1.165, 1.54) is 16.7 Å². The summed E-state index contributed by atoms with van der Waals surface area (Å²) in [6.45, 7) is 23.8. The van der Waals surface area contributed by atoms with E-state index in [1.54, 1.807) is 0 Å². The van der Waals surface area contributed by atoms with Crippen LogP contribution in [-0.2, 0) is 16.2 Å². The molecule has 2 heterocycles. The first-order valence-corrected chi connectivity index (χ1v) is 25.6. The summed E-state index contributed by atoms with van der Waals surface area (Å²) in [7, 11) is 0. The van der Waals surface area contributed by atoms with Gasteiger partial charge in [-0.15, -0.1) is 0 Å². The van der Waals surface area contributed by atoms with Gasteiger partial charge in [-0.25, -0.2) is 4.98 Å². The highest BCUT2D eigenvalue weighted by Gasteiger charge is 2.29. The molecule has 73 heavy (non-hydrogen) atoms. The lowest BCUT2D eigenvalue weighted by atomic mass is 9.79. The zero-order valence-electron chi connectivity index (χ0n) is 45.3. The molecule has 0 bridgehead atoms. The number of nitrogens with zero attached hydrogens (tertiary/aromatic N) is 3. The molecule has 10 rings (SSSR count). The summed E-state index contributed by atoms with van der Waals surface area (Å²) in [5.41, 5.74) is 19.3. The first-order valence-electron chi connectivity index (χ1n) is 26.1. The van der Waals surface area contributed by atoms with Crippen LogP contribution >= 0.6 is 0 Å². The fourth-order valence-corrected chi connectivity index (χ4v) is 10.3. The van der Waals surface area contributed by atoms with Crippen molar-refractivity contribution >= 4 is 11.0 Å². The number of hydrogen-bond acceptors (Lipinski definition) is 3. The maximum absolute atomic E-state index is 12.6. The number of aromatic hydroxyl groups is 1. The van der Waals surface area contributed by atoms with Crippen molar-refractivity contribution in [1.29, 1.82) is 0 Å². The van der Waals surface area contributed by atoms with E-state index in [4.69, 9.17) is 9.97 Å². The predicted octanol–water partition coefficient (Wildman–Crippen LogP) is 18.8. The molecular weight excluding hydrogens is 887 g/mol. The van der Waals surface area contributed by atoms with Crippen molar-refractivity contribution in [3.63, 3.8) is 0 Å². The van der Waals surface area contributed by atoms with Gasteiger partial charge >= 0.3 is 0 Å². The number of hydrogen-bond donors (Lipinski definition) is 1. The summed E-state index contributed by atoms with van der Waals surface area (Å²) >= 11 is 0. The van der Waals surface area contributed by atoms with Crippen molar-refractivity contribution in [3.05, 3.63) is 217 Å². The molecule has 0 aliphatic carbocycles. The highest BCUT2D eigenvalue weighted by Crippen LogP contribution is 2.46. The smallest absolute Gasteiger partial charge is 0.149 e. The average Bonchev–Trinajstić information content (AvgIpc) is 3.77. The molecule has 0 amide bonds. The summed E-state index contributed by atoms with van der Waals surface area (Å²) in [4.78, 5) is 10.7. The summed E-state index contributed by atoms with van der Waals surface area (Å²) in [6, 6.07) is 66.6. The summed E-state index contributed by atoms with van der Waals surface area (Å²) in [5, 5.41) is 12.6. The van der Waals surface area contributed by atoms with Gasteiger partial charge in [0.25, 0.3) is 0 Å². The van der Waals surface area contributed by atoms with E-state index in [2.05, 4.69) is 249 Å². The fraction of sp³-hybridized carbons (Fsp3) is 0.217. The van der Waals surface area contributed by atoms with E-state index in [1.807, 2.05) is 26.1 Å². The van der Waals surface area contributed by atoms with Crippen LogP contribution in [0.1, 0.15) is 106 Å². The minimum absolute atomic E-state index is 0.116. The van der Waals surface area contributed by atoms with Crippen LogP contribution < -0.4 is 0 Å². The maximum atomic E-state index is 12.6. The van der Waals surface area contributed by atoms with Crippen molar-refractivity contribution in [2.75, 3.05) is 0 Å². The van der Waals surface area contributed by atoms with Crippen LogP contribution in [-0.4, -0.2) is 19.6 Å². The normalized spacial score (nSPS) is 12.6. The minimum atomic E-state index is -0.961. The first-order chi connectivity index (χ1) is 35.1. The van der Waals surface area contributed by atoms with Gasteiger partial charge in [-0.3, -0.25) is 9.55 Å². The molecule has 4 heteroatoms. The molecular formula is C69H67N3O. The van der Waals surface area contributed by atoms with Gasteiger partial charge in [-0.05, 0) is 143 Å². The molecule has 2 aromatic heterocycles. The second kappa shape index (κ2) is 19.0. The van der Waals surface area contributed by atoms with Crippen LogP contribution in [0.15, 0.2) is 194 Å². The number of phenols is 1. The van der Waals surface area contributed by atoms with E-state index < -0.39 is 5.89 Å². The minimum Gasteiger partial charge on any atom is -0.507 e. The Labute approximate surface area is 434 Å². The van der Waals surface area contributed by atoms with Crippen LogP contribution in [0.5, 0.6) is 5.75 Å². The molecule has 0 unspecified atom stereocenters. The van der Waals surface area contributed by atoms with Gasteiger partial charge < -0.3 is 5.11 Å². The Morgan fingerprint density at radius 2 is 1.03 bits per heavy atom. The van der Waals surface area contributed by atoms with Gasteiger partial charge in [-0.1, -0.05) is 210 Å². The largest absolute Gasteiger partial charge is 0.507 e. The fourth-order valence-electron chi connectivity index (χ4n) is 10.3. The molecule has 364 valence electrons. The zero-order chi connectivity index (χ0) is 52.3. The Hall–Kier alpha value is -7.82. The number of phenolic OH excluding ortho intramolecular Hbond substituents is 1. The van der Waals surface area contributed by atoms with E-state index in [0.29, 0.717) is 11.4 Å². The molecule has 0 spiro atoms. The summed E-state index contributed by atoms with van der Waals surface area (Å²) in [6.07, 6.45) is 1.91. The van der Waals surface area contributed by atoms with Gasteiger partial charge in [0.1, 0.15) is 11.6 Å². The Morgan fingerprint density at radius 1 is 0.452 bits per heavy atom. The zero-order valence-corrected chi connectivity index (χ0v) is 44.3. The predicted molar refractivity (Wildman–Crippen MR) is 309 cm³/mol. The number of fused-ring (bicyclic) bond motifs is 1. The van der Waals surface area contributed by atoms with E-state index in [0.717, 1.165) is 89.2 Å². The highest BCUT2D eigenvalue weighted by molar-refractivity contribution is 5.98. The summed E-state index contributed by atoms with van der Waals surface area (Å²) in [5.74, 6) is -0.114. The van der Waals surface area contributed by atoms with Crippen LogP contribution in [0.4, 0.5) is 0 Å². The molecule has 10 aromatic rings. The second-order valence-electron chi connectivity index (χ2n) is 22.9. The monoisotopic (exact) mass is 955 g/mol. The van der Waals surface area contributed by atoms with Crippen LogP contribution in [0.3, 0.4) is 0 Å². The number of pyridine rings is 1. The molecule has 0 radical (unpaired) electrons. The van der Waals surface area contributed by atoms with E-state index >= 15 is 0 Å². The van der Waals surface area contributed by atoms with Crippen molar-refractivity contribution in [1.82, 2.24) is 14.5 Å². The average molecular weight is 955 g/mol. The van der Waals surface area contributed by atoms with Crippen molar-refractivity contribution in [2.24, 2.45) is 0 Å². The molecule has 0 atom stereocenters. The van der Waals surface area contributed by atoms with E-state index in [-0.39, 0.29) is 22.0 Å². The van der Waals surface area contributed by atoms with Crippen LogP contribution in [0.2, 0.25) is 0 Å². The third kappa shape index (κ3) is 9.67. The van der Waals surface area contributed by atoms with Gasteiger partial charge in [0.15, 0.2) is 0 Å². The van der Waals surface area contributed by atoms with Crippen molar-refractivity contribution in [3.8, 4) is 89.7 Å². The molecule has 1 N–H and O–H groups in total. The number of benzene rings is 8. The van der Waals surface area contributed by atoms with Gasteiger partial charge in [0.2, 0.25) is 0 Å². The lowest BCUT2D eigenvalue weighted by molar-refractivity contribution is 0.446. The quantitative estimate of drug-likeness (QED) is 0.157. The third-order valence-electron chi connectivity index (χ3n) is 14.3. The number of para-hydroxylation sites is 1. The molecule has 0 fully saturated rings. The van der Waals surface area contributed by atoms with Crippen LogP contribution in [0, 0.1) is 0 Å². The SMILES string of the molecule is [2H]C(C)(C)c1cc(-n2c(-c3cc(C(C)(C)C)cc(C(C)(C)C)c3O)nc3c(-c4cc(-c5ccccc5)cc(-c5cc(-c6ccc(-c7ccccc7)cc6)ccn5)c4)cccc32)ccc1-c1ccccc1C(C)(C)C. The lowest BCUT2D eigenvalue weighted by Gasteiger charge is -2.28. The molecule has 0 aliphatic rings. The molecule has 4 nitrogen and oxygen atoms in total. The number of rotatable bonds is 9. The van der Waals surface area contributed by atoms with Crippen molar-refractivity contribution in [2.45, 2.75) is 98.3 Å². The Balaban J connectivity index is 1.22. The standard InChI is InChI=1S/C69H67N3O/c1-44(2)58-43-54(33-34-56(58)57-25-18-19-27-60(57)68(6,7)8)72-63-28-20-26-55(64(63)71-66(72)59-41-53(67(3,4)5)42-61(65(59)73)69(9,10)11)51-37-50(46-23-16-13-17-24-46)38-52(39-51)62-40-49(35-36-70-62)48-31-29-47(30-32-48)45-21-14-12-15-22-45/h12-44,73H,1-11H3/i44D. The Bertz CT molecular complexity index is 3690. The molecule has 0 saturated heterocycles. The Morgan fingerprint density at radius 3 is 1.67 bits per heavy atom. The van der Waals surface area contributed by atoms with Crippen LogP contribution in [0.25, 0.3) is 95.0 Å². The number of aromatic nitrogens is 3. The van der Waals surface area contributed by atoms with Gasteiger partial charge in [-0.2, -0.15) is 0 Å². The lowest BCUT2D eigenvalue weighted by Crippen LogP contribution is -2.17. The second-order valence-corrected chi connectivity index (χ2v) is 22.9. The Kier molecular flexibility index (Phi) is 12.4. The molecule has 8 aromatic carbocycles. The van der Waals surface area contributed by atoms with E-state index in [9.17, 15) is 6.48 Å². The maximum Gasteiger partial charge on any atom is 0.149 e. The number of imidazole rings is 1. The van der Waals surface area contributed by atoms with Gasteiger partial charge in [0, 0.05) is 29.9 Å².